The Hall–Kier alpha value is -0.530. The molecule has 12 heavy (non-hydrogen) atoms. The van der Waals surface area contributed by atoms with Crippen molar-refractivity contribution in [2.24, 2.45) is 5.92 Å². The lowest BCUT2D eigenvalue weighted by Gasteiger charge is -2.12. The number of carbonyl (C=O) groups is 1. The van der Waals surface area contributed by atoms with Gasteiger partial charge in [-0.1, -0.05) is 26.7 Å². The molecule has 1 atom stereocenters. The minimum atomic E-state index is -0.0848. The van der Waals surface area contributed by atoms with E-state index in [9.17, 15) is 4.79 Å². The molecule has 0 aromatic carbocycles. The lowest BCUT2D eigenvalue weighted by atomic mass is 10.1. The predicted octanol–water partition coefficient (Wildman–Crippen LogP) is 2.58. The molecular weight excluding hydrogens is 152 g/mol. The van der Waals surface area contributed by atoms with E-state index < -0.39 is 0 Å². The van der Waals surface area contributed by atoms with E-state index in [2.05, 4.69) is 6.92 Å². The van der Waals surface area contributed by atoms with Crippen LogP contribution in [0.5, 0.6) is 0 Å². The van der Waals surface area contributed by atoms with Gasteiger partial charge >= 0.3 is 5.97 Å². The van der Waals surface area contributed by atoms with E-state index in [4.69, 9.17) is 4.74 Å². The number of hydrogen-bond donors (Lipinski definition) is 0. The third-order valence-corrected chi connectivity index (χ3v) is 1.64. The molecule has 0 aromatic heterocycles. The highest BCUT2D eigenvalue weighted by molar-refractivity contribution is 5.72. The molecule has 2 heteroatoms. The highest BCUT2D eigenvalue weighted by Crippen LogP contribution is 2.10. The average Bonchev–Trinajstić information content (AvgIpc) is 1.98. The van der Waals surface area contributed by atoms with Crippen molar-refractivity contribution in [1.29, 1.82) is 0 Å². The Morgan fingerprint density at radius 3 is 2.42 bits per heavy atom. The van der Waals surface area contributed by atoms with Crippen molar-refractivity contribution in [3.63, 3.8) is 0 Å². The van der Waals surface area contributed by atoms with Gasteiger partial charge in [0, 0.05) is 0 Å². The van der Waals surface area contributed by atoms with Gasteiger partial charge in [-0.05, 0) is 20.3 Å². The summed E-state index contributed by atoms with van der Waals surface area (Å²) in [6, 6.07) is 0. The first-order valence-electron chi connectivity index (χ1n) is 4.57. The van der Waals surface area contributed by atoms with E-state index in [0.29, 0.717) is 0 Å². The van der Waals surface area contributed by atoms with Gasteiger partial charge in [0.05, 0.1) is 12.0 Å². The molecule has 2 nitrogen and oxygen atoms in total. The molecule has 0 aliphatic heterocycles. The maximum atomic E-state index is 11.2. The first kappa shape index (κ1) is 11.5. The molecule has 0 aliphatic rings. The molecule has 0 aliphatic carbocycles. The molecular formula is C10H19O2. The third-order valence-electron chi connectivity index (χ3n) is 1.64. The fourth-order valence-electron chi connectivity index (χ4n) is 0.917. The van der Waals surface area contributed by atoms with E-state index in [1.54, 1.807) is 0 Å². The highest BCUT2D eigenvalue weighted by Gasteiger charge is 2.14. The number of esters is 1. The molecule has 0 rings (SSSR count). The van der Waals surface area contributed by atoms with Crippen LogP contribution in [-0.2, 0) is 9.53 Å². The van der Waals surface area contributed by atoms with E-state index in [0.717, 1.165) is 19.3 Å². The Balaban J connectivity index is 3.61. The summed E-state index contributed by atoms with van der Waals surface area (Å²) >= 11 is 0. The number of rotatable bonds is 5. The minimum absolute atomic E-state index is 0.000276. The highest BCUT2D eigenvalue weighted by atomic mass is 16.5. The van der Waals surface area contributed by atoms with Gasteiger partial charge < -0.3 is 4.74 Å². The van der Waals surface area contributed by atoms with Crippen molar-refractivity contribution in [1.82, 2.24) is 0 Å². The summed E-state index contributed by atoms with van der Waals surface area (Å²) in [7, 11) is 0. The molecule has 0 saturated carbocycles. The summed E-state index contributed by atoms with van der Waals surface area (Å²) in [4.78, 5) is 11.2. The molecule has 1 unspecified atom stereocenters. The molecule has 0 aromatic rings. The maximum Gasteiger partial charge on any atom is 0.308 e. The van der Waals surface area contributed by atoms with Gasteiger partial charge in [-0.25, -0.2) is 0 Å². The Morgan fingerprint density at radius 2 is 2.00 bits per heavy atom. The Bertz CT molecular complexity index is 130. The first-order chi connectivity index (χ1) is 5.57. The quantitative estimate of drug-likeness (QED) is 0.594. The normalized spacial score (nSPS) is 13.1. The van der Waals surface area contributed by atoms with Crippen LogP contribution < -0.4 is 0 Å². The van der Waals surface area contributed by atoms with Crippen LogP contribution in [0.4, 0.5) is 0 Å². The fraction of sp³-hybridized carbons (Fsp3) is 0.800. The summed E-state index contributed by atoms with van der Waals surface area (Å²) in [5, 5.41) is 0. The summed E-state index contributed by atoms with van der Waals surface area (Å²) in [5.74, 6) is -0.0624. The molecule has 71 valence electrons. The number of hydrogen-bond acceptors (Lipinski definition) is 2. The summed E-state index contributed by atoms with van der Waals surface area (Å²) in [6.45, 7) is 9.36. The van der Waals surface area contributed by atoms with Crippen LogP contribution in [0, 0.1) is 12.8 Å². The zero-order chi connectivity index (χ0) is 9.56. The topological polar surface area (TPSA) is 26.3 Å². The van der Waals surface area contributed by atoms with Crippen LogP contribution in [0.15, 0.2) is 0 Å². The Morgan fingerprint density at radius 1 is 1.42 bits per heavy atom. The second-order valence-corrected chi connectivity index (χ2v) is 3.38. The molecule has 0 N–H and O–H groups in total. The zero-order valence-corrected chi connectivity index (χ0v) is 8.30. The smallest absolute Gasteiger partial charge is 0.308 e. The molecule has 0 spiro atoms. The van der Waals surface area contributed by atoms with Gasteiger partial charge in [-0.15, -0.1) is 0 Å². The zero-order valence-electron chi connectivity index (χ0n) is 8.30. The van der Waals surface area contributed by atoms with Crippen LogP contribution in [-0.4, -0.2) is 12.1 Å². The molecule has 0 heterocycles. The van der Waals surface area contributed by atoms with Gasteiger partial charge in [0.15, 0.2) is 0 Å². The third kappa shape index (κ3) is 5.16. The van der Waals surface area contributed by atoms with Crippen molar-refractivity contribution in [2.45, 2.75) is 46.1 Å². The number of unbranched alkanes of at least 4 members (excludes halogenated alkanes) is 1. The minimum Gasteiger partial charge on any atom is -0.463 e. The van der Waals surface area contributed by atoms with Gasteiger partial charge in [-0.2, -0.15) is 0 Å². The summed E-state index contributed by atoms with van der Waals surface area (Å²) in [5.41, 5.74) is 0. The monoisotopic (exact) mass is 171 g/mol. The second kappa shape index (κ2) is 6.04. The first-order valence-corrected chi connectivity index (χ1v) is 4.57. The van der Waals surface area contributed by atoms with Gasteiger partial charge in [-0.3, -0.25) is 4.79 Å². The number of ether oxygens (including phenoxy) is 1. The molecule has 0 saturated heterocycles. The van der Waals surface area contributed by atoms with Gasteiger partial charge in [0.2, 0.25) is 0 Å². The fourth-order valence-corrected chi connectivity index (χ4v) is 0.917. The van der Waals surface area contributed by atoms with Crippen molar-refractivity contribution in [3.8, 4) is 0 Å². The lowest BCUT2D eigenvalue weighted by molar-refractivity contribution is -0.152. The van der Waals surface area contributed by atoms with E-state index >= 15 is 0 Å². The van der Waals surface area contributed by atoms with Crippen LogP contribution in [0.25, 0.3) is 0 Å². The van der Waals surface area contributed by atoms with Crippen molar-refractivity contribution >= 4 is 5.97 Å². The Labute approximate surface area is 75.3 Å². The van der Waals surface area contributed by atoms with E-state index in [1.807, 2.05) is 20.8 Å². The molecule has 1 radical (unpaired) electrons. The molecule has 0 bridgehead atoms. The van der Waals surface area contributed by atoms with Crippen LogP contribution in [0.1, 0.15) is 40.0 Å². The van der Waals surface area contributed by atoms with Crippen molar-refractivity contribution < 1.29 is 9.53 Å². The second-order valence-electron chi connectivity index (χ2n) is 3.38. The average molecular weight is 171 g/mol. The van der Waals surface area contributed by atoms with Crippen LogP contribution in [0.2, 0.25) is 0 Å². The van der Waals surface area contributed by atoms with Gasteiger partial charge in [0.25, 0.3) is 0 Å². The standard InChI is InChI=1S/C10H19O2/c1-5-6-7-9(4)10(11)12-8(2)3/h8-9H,1,5-7H2,2-4H3. The van der Waals surface area contributed by atoms with Crippen molar-refractivity contribution in [2.75, 3.05) is 0 Å². The number of carbonyl (C=O) groups excluding carboxylic acids is 1. The Kier molecular flexibility index (Phi) is 5.77. The van der Waals surface area contributed by atoms with E-state index in [1.165, 1.54) is 0 Å². The largest absolute Gasteiger partial charge is 0.463 e. The lowest BCUT2D eigenvalue weighted by Crippen LogP contribution is -2.18. The van der Waals surface area contributed by atoms with E-state index in [-0.39, 0.29) is 18.0 Å². The van der Waals surface area contributed by atoms with Crippen LogP contribution >= 0.6 is 0 Å². The molecule has 0 fully saturated rings. The molecule has 0 amide bonds. The maximum absolute atomic E-state index is 11.2. The van der Waals surface area contributed by atoms with Crippen molar-refractivity contribution in [3.05, 3.63) is 6.92 Å². The summed E-state index contributed by atoms with van der Waals surface area (Å²) in [6.07, 6.45) is 2.77. The SMILES string of the molecule is [CH2]CCCC(C)C(=O)OC(C)C. The van der Waals surface area contributed by atoms with Gasteiger partial charge in [0.1, 0.15) is 0 Å². The summed E-state index contributed by atoms with van der Waals surface area (Å²) < 4.78 is 5.05. The predicted molar refractivity (Wildman–Crippen MR) is 49.6 cm³/mol. The van der Waals surface area contributed by atoms with Crippen LogP contribution in [0.3, 0.4) is 0 Å².